The van der Waals surface area contributed by atoms with Gasteiger partial charge in [-0.3, -0.25) is 4.79 Å². The molecule has 0 bridgehead atoms. The van der Waals surface area contributed by atoms with E-state index in [2.05, 4.69) is 23.6 Å². The van der Waals surface area contributed by atoms with E-state index in [9.17, 15) is 14.7 Å². The van der Waals surface area contributed by atoms with Crippen LogP contribution >= 0.6 is 0 Å². The zero-order valence-electron chi connectivity index (χ0n) is 16.0. The van der Waals surface area contributed by atoms with Gasteiger partial charge in [-0.15, -0.1) is 0 Å². The normalized spacial score (nSPS) is 11.6. The lowest BCUT2D eigenvalue weighted by molar-refractivity contribution is -0.139. The van der Waals surface area contributed by atoms with E-state index in [0.717, 1.165) is 30.5 Å². The molecule has 1 unspecified atom stereocenters. The van der Waals surface area contributed by atoms with Crippen molar-refractivity contribution in [2.75, 3.05) is 5.32 Å². The fraction of sp³-hybridized carbons (Fsp3) is 0.364. The summed E-state index contributed by atoms with van der Waals surface area (Å²) < 4.78 is 0. The average molecular weight is 368 g/mol. The number of aryl methyl sites for hydroxylation is 1. The molecule has 5 nitrogen and oxygen atoms in total. The van der Waals surface area contributed by atoms with E-state index < -0.39 is 12.0 Å². The molecule has 0 aliphatic heterocycles. The van der Waals surface area contributed by atoms with Gasteiger partial charge < -0.3 is 15.7 Å². The topological polar surface area (TPSA) is 78.4 Å². The molecule has 0 fully saturated rings. The third-order valence-corrected chi connectivity index (χ3v) is 4.52. The monoisotopic (exact) mass is 368 g/mol. The molecule has 0 spiro atoms. The predicted octanol–water partition coefficient (Wildman–Crippen LogP) is 4.23. The summed E-state index contributed by atoms with van der Waals surface area (Å²) >= 11 is 0. The van der Waals surface area contributed by atoms with Crippen molar-refractivity contribution in [2.45, 2.75) is 52.1 Å². The molecule has 2 aromatic rings. The second-order valence-corrected chi connectivity index (χ2v) is 6.57. The van der Waals surface area contributed by atoms with Crippen LogP contribution in [0.25, 0.3) is 0 Å². The van der Waals surface area contributed by atoms with Crippen molar-refractivity contribution in [1.82, 2.24) is 5.32 Å². The van der Waals surface area contributed by atoms with Crippen molar-refractivity contribution in [1.29, 1.82) is 0 Å². The minimum absolute atomic E-state index is 0.352. The van der Waals surface area contributed by atoms with Crippen molar-refractivity contribution in [3.63, 3.8) is 0 Å². The molecular formula is C22H28N2O3. The standard InChI is InChI=1S/C22H28N2O3/c1-3-5-12-20(22(26)27)24-21(25)18-11-8-9-16(14-18)15-23-19-13-7-6-10-17(19)4-2/h6-11,13-14,20,23H,3-5,12,15H2,1-2H3,(H,24,25)(H,26,27). The highest BCUT2D eigenvalue weighted by Gasteiger charge is 2.20. The Kier molecular flexibility index (Phi) is 7.86. The third kappa shape index (κ3) is 6.13. The first-order valence-electron chi connectivity index (χ1n) is 9.49. The zero-order valence-corrected chi connectivity index (χ0v) is 16.0. The first-order chi connectivity index (χ1) is 13.0. The van der Waals surface area contributed by atoms with Crippen LogP contribution in [0.4, 0.5) is 5.69 Å². The van der Waals surface area contributed by atoms with Gasteiger partial charge in [-0.25, -0.2) is 4.79 Å². The summed E-state index contributed by atoms with van der Waals surface area (Å²) in [4.78, 5) is 23.8. The number of anilines is 1. The molecule has 0 aromatic heterocycles. The highest BCUT2D eigenvalue weighted by molar-refractivity contribution is 5.96. The van der Waals surface area contributed by atoms with E-state index in [1.807, 2.05) is 37.3 Å². The lowest BCUT2D eigenvalue weighted by atomic mass is 10.1. The molecule has 0 saturated heterocycles. The van der Waals surface area contributed by atoms with E-state index in [1.165, 1.54) is 5.56 Å². The summed E-state index contributed by atoms with van der Waals surface area (Å²) in [6, 6.07) is 14.6. The first kappa shape index (κ1) is 20.5. The number of unbranched alkanes of at least 4 members (excludes halogenated alkanes) is 1. The van der Waals surface area contributed by atoms with Gasteiger partial charge in [0.25, 0.3) is 5.91 Å². The highest BCUT2D eigenvalue weighted by Crippen LogP contribution is 2.17. The van der Waals surface area contributed by atoms with Gasteiger partial charge in [-0.1, -0.05) is 57.0 Å². The van der Waals surface area contributed by atoms with Crippen LogP contribution in [0.3, 0.4) is 0 Å². The number of benzene rings is 2. The van der Waals surface area contributed by atoms with Gasteiger partial charge >= 0.3 is 5.97 Å². The minimum Gasteiger partial charge on any atom is -0.480 e. The van der Waals surface area contributed by atoms with E-state index in [1.54, 1.807) is 12.1 Å². The Balaban J connectivity index is 2.03. The van der Waals surface area contributed by atoms with Crippen LogP contribution in [0.2, 0.25) is 0 Å². The molecule has 0 heterocycles. The summed E-state index contributed by atoms with van der Waals surface area (Å²) in [5, 5.41) is 15.3. The third-order valence-electron chi connectivity index (χ3n) is 4.52. The summed E-state index contributed by atoms with van der Waals surface area (Å²) in [7, 11) is 0. The van der Waals surface area contributed by atoms with Gasteiger partial charge in [0, 0.05) is 17.8 Å². The van der Waals surface area contributed by atoms with Gasteiger partial charge in [-0.2, -0.15) is 0 Å². The molecule has 0 radical (unpaired) electrons. The van der Waals surface area contributed by atoms with Crippen molar-refractivity contribution in [3.05, 3.63) is 65.2 Å². The number of carboxylic acid groups (broad SMARTS) is 1. The number of aliphatic carboxylic acids is 1. The van der Waals surface area contributed by atoms with E-state index in [4.69, 9.17) is 0 Å². The quantitative estimate of drug-likeness (QED) is 0.586. The van der Waals surface area contributed by atoms with Crippen molar-refractivity contribution >= 4 is 17.6 Å². The van der Waals surface area contributed by atoms with E-state index >= 15 is 0 Å². The molecule has 1 atom stereocenters. The number of amides is 1. The molecule has 3 N–H and O–H groups in total. The second kappa shape index (κ2) is 10.4. The van der Waals surface area contributed by atoms with Gasteiger partial charge in [0.15, 0.2) is 0 Å². The van der Waals surface area contributed by atoms with Crippen LogP contribution in [0.5, 0.6) is 0 Å². The van der Waals surface area contributed by atoms with Crippen LogP contribution in [0, 0.1) is 0 Å². The maximum Gasteiger partial charge on any atom is 0.326 e. The Morgan fingerprint density at radius 1 is 1.07 bits per heavy atom. The van der Waals surface area contributed by atoms with Gasteiger partial charge in [0.1, 0.15) is 6.04 Å². The number of hydrogen-bond donors (Lipinski definition) is 3. The lowest BCUT2D eigenvalue weighted by Gasteiger charge is -2.15. The molecule has 5 heteroatoms. The molecule has 0 aliphatic rings. The van der Waals surface area contributed by atoms with Crippen molar-refractivity contribution < 1.29 is 14.7 Å². The number of carbonyl (C=O) groups is 2. The zero-order chi connectivity index (χ0) is 19.6. The van der Waals surface area contributed by atoms with Crippen molar-refractivity contribution in [3.8, 4) is 0 Å². The summed E-state index contributed by atoms with van der Waals surface area (Å²) in [5.74, 6) is -1.35. The fourth-order valence-electron chi connectivity index (χ4n) is 2.93. The molecule has 0 aliphatic carbocycles. The van der Waals surface area contributed by atoms with Crippen LogP contribution < -0.4 is 10.6 Å². The predicted molar refractivity (Wildman–Crippen MR) is 108 cm³/mol. The molecule has 27 heavy (non-hydrogen) atoms. The second-order valence-electron chi connectivity index (χ2n) is 6.57. The van der Waals surface area contributed by atoms with Gasteiger partial charge in [0.05, 0.1) is 0 Å². The Morgan fingerprint density at radius 2 is 1.85 bits per heavy atom. The smallest absolute Gasteiger partial charge is 0.326 e. The molecule has 2 rings (SSSR count). The Morgan fingerprint density at radius 3 is 2.56 bits per heavy atom. The summed E-state index contributed by atoms with van der Waals surface area (Å²) in [5.41, 5.74) is 3.77. The SMILES string of the molecule is CCCCC(NC(=O)c1cccc(CNc2ccccc2CC)c1)C(=O)O. The Bertz CT molecular complexity index is 774. The maximum atomic E-state index is 12.5. The molecule has 1 amide bonds. The largest absolute Gasteiger partial charge is 0.480 e. The maximum absolute atomic E-state index is 12.5. The molecule has 2 aromatic carbocycles. The van der Waals surface area contributed by atoms with E-state index in [-0.39, 0.29) is 5.91 Å². The van der Waals surface area contributed by atoms with Crippen LogP contribution in [0.1, 0.15) is 54.6 Å². The average Bonchev–Trinajstić information content (AvgIpc) is 2.69. The fourth-order valence-corrected chi connectivity index (χ4v) is 2.93. The van der Waals surface area contributed by atoms with E-state index in [0.29, 0.717) is 18.5 Å². The Labute approximate surface area is 160 Å². The minimum atomic E-state index is -0.995. The Hall–Kier alpha value is -2.82. The first-order valence-corrected chi connectivity index (χ1v) is 9.49. The number of rotatable bonds is 10. The lowest BCUT2D eigenvalue weighted by Crippen LogP contribution is -2.40. The molecule has 0 saturated carbocycles. The van der Waals surface area contributed by atoms with Gasteiger partial charge in [-0.05, 0) is 42.2 Å². The number of carboxylic acids is 1. The number of nitrogens with one attached hydrogen (secondary N) is 2. The van der Waals surface area contributed by atoms with Crippen molar-refractivity contribution in [2.24, 2.45) is 0 Å². The molecule has 144 valence electrons. The highest BCUT2D eigenvalue weighted by atomic mass is 16.4. The summed E-state index contributed by atoms with van der Waals surface area (Å²) in [6.45, 7) is 4.70. The number of hydrogen-bond acceptors (Lipinski definition) is 3. The van der Waals surface area contributed by atoms with Gasteiger partial charge in [0.2, 0.25) is 0 Å². The number of carbonyl (C=O) groups excluding carboxylic acids is 1. The van der Waals surface area contributed by atoms with Crippen LogP contribution in [-0.4, -0.2) is 23.0 Å². The summed E-state index contributed by atoms with van der Waals surface area (Å²) in [6.07, 6.45) is 3.03. The van der Waals surface area contributed by atoms with Crippen LogP contribution in [-0.2, 0) is 17.8 Å². The molecular weight excluding hydrogens is 340 g/mol. The van der Waals surface area contributed by atoms with Crippen LogP contribution in [0.15, 0.2) is 48.5 Å². The number of para-hydroxylation sites is 1.